The second kappa shape index (κ2) is 5.09. The van der Waals surface area contributed by atoms with E-state index in [4.69, 9.17) is 16.8 Å². The van der Waals surface area contributed by atoms with Gasteiger partial charge in [-0.05, 0) is 32.3 Å². The van der Waals surface area contributed by atoms with Crippen molar-refractivity contribution < 1.29 is 9.60 Å². The van der Waals surface area contributed by atoms with E-state index < -0.39 is 5.82 Å². The molecule has 15 heavy (non-hydrogen) atoms. The third-order valence-electron chi connectivity index (χ3n) is 1.84. The first-order valence-corrected chi connectivity index (χ1v) is 4.73. The van der Waals surface area contributed by atoms with Crippen LogP contribution in [-0.2, 0) is 0 Å². The molecule has 0 saturated carbocycles. The molecule has 0 heterocycles. The van der Waals surface area contributed by atoms with Crippen molar-refractivity contribution in [2.45, 2.75) is 0 Å². The van der Waals surface area contributed by atoms with Gasteiger partial charge in [0.25, 0.3) is 0 Å². The fourth-order valence-electron chi connectivity index (χ4n) is 1.16. The molecule has 1 N–H and O–H groups in total. The SMILES string of the molecule is CN(C)CC(=NO)c1ccc(F)c(Cl)c1. The van der Waals surface area contributed by atoms with Gasteiger partial charge >= 0.3 is 0 Å². The summed E-state index contributed by atoms with van der Waals surface area (Å²) in [5.74, 6) is -0.484. The van der Waals surface area contributed by atoms with Crippen molar-refractivity contribution in [2.75, 3.05) is 20.6 Å². The van der Waals surface area contributed by atoms with Gasteiger partial charge in [-0.3, -0.25) is 0 Å². The standard InChI is InChI=1S/C10H12ClFN2O/c1-14(2)6-10(13-15)7-3-4-9(12)8(11)5-7/h3-5,15H,6H2,1-2H3. The Morgan fingerprint density at radius 2 is 2.20 bits per heavy atom. The summed E-state index contributed by atoms with van der Waals surface area (Å²) in [6.07, 6.45) is 0. The first kappa shape index (κ1) is 11.9. The lowest BCUT2D eigenvalue weighted by atomic mass is 10.1. The molecule has 0 saturated heterocycles. The Morgan fingerprint density at radius 3 is 2.67 bits per heavy atom. The summed E-state index contributed by atoms with van der Waals surface area (Å²) in [4.78, 5) is 1.84. The summed E-state index contributed by atoms with van der Waals surface area (Å²) >= 11 is 5.63. The van der Waals surface area contributed by atoms with Crippen LogP contribution in [0.2, 0.25) is 5.02 Å². The Balaban J connectivity index is 2.98. The fraction of sp³-hybridized carbons (Fsp3) is 0.300. The van der Waals surface area contributed by atoms with E-state index in [1.54, 1.807) is 0 Å². The number of nitrogens with zero attached hydrogens (tertiary/aromatic N) is 2. The van der Waals surface area contributed by atoms with Crippen molar-refractivity contribution in [2.24, 2.45) is 5.16 Å². The first-order valence-electron chi connectivity index (χ1n) is 4.35. The van der Waals surface area contributed by atoms with Crippen LogP contribution in [0.5, 0.6) is 0 Å². The van der Waals surface area contributed by atoms with Gasteiger partial charge in [-0.2, -0.15) is 0 Å². The average molecular weight is 231 g/mol. The number of rotatable bonds is 3. The normalized spacial score (nSPS) is 12.2. The molecule has 1 aromatic carbocycles. The van der Waals surface area contributed by atoms with Crippen molar-refractivity contribution in [1.82, 2.24) is 4.90 Å². The lowest BCUT2D eigenvalue weighted by Gasteiger charge is -2.11. The maximum Gasteiger partial charge on any atom is 0.141 e. The maximum absolute atomic E-state index is 12.9. The summed E-state index contributed by atoms with van der Waals surface area (Å²) < 4.78 is 12.9. The van der Waals surface area contributed by atoms with E-state index in [9.17, 15) is 4.39 Å². The molecular formula is C10H12ClFN2O. The van der Waals surface area contributed by atoms with E-state index in [0.717, 1.165) is 0 Å². The van der Waals surface area contributed by atoms with Gasteiger partial charge in [0.05, 0.1) is 5.02 Å². The summed E-state index contributed by atoms with van der Waals surface area (Å²) in [6, 6.07) is 4.22. The largest absolute Gasteiger partial charge is 0.411 e. The van der Waals surface area contributed by atoms with Crippen LogP contribution >= 0.6 is 11.6 Å². The highest BCUT2D eigenvalue weighted by atomic mass is 35.5. The molecule has 0 atom stereocenters. The third kappa shape index (κ3) is 3.18. The molecular weight excluding hydrogens is 219 g/mol. The van der Waals surface area contributed by atoms with Gasteiger partial charge in [-0.1, -0.05) is 16.8 Å². The van der Waals surface area contributed by atoms with E-state index in [1.807, 2.05) is 19.0 Å². The van der Waals surface area contributed by atoms with Gasteiger partial charge in [-0.25, -0.2) is 4.39 Å². The van der Waals surface area contributed by atoms with Gasteiger partial charge in [0.1, 0.15) is 11.5 Å². The molecule has 0 aromatic heterocycles. The van der Waals surface area contributed by atoms with E-state index in [1.165, 1.54) is 18.2 Å². The zero-order chi connectivity index (χ0) is 11.4. The summed E-state index contributed by atoms with van der Waals surface area (Å²) in [6.45, 7) is 0.457. The number of hydrogen-bond donors (Lipinski definition) is 1. The number of likely N-dealkylation sites (N-methyl/N-ethyl adjacent to an activating group) is 1. The predicted molar refractivity (Wildman–Crippen MR) is 58.3 cm³/mol. The highest BCUT2D eigenvalue weighted by Crippen LogP contribution is 2.16. The minimum absolute atomic E-state index is 0.0207. The Bertz CT molecular complexity index is 380. The van der Waals surface area contributed by atoms with Gasteiger partial charge in [0.15, 0.2) is 0 Å². The highest BCUT2D eigenvalue weighted by Gasteiger charge is 2.08. The Hall–Kier alpha value is -1.13. The van der Waals surface area contributed by atoms with E-state index in [2.05, 4.69) is 5.16 Å². The molecule has 3 nitrogen and oxygen atoms in total. The number of halogens is 2. The zero-order valence-corrected chi connectivity index (χ0v) is 9.29. The molecule has 0 aliphatic carbocycles. The molecule has 0 amide bonds. The van der Waals surface area contributed by atoms with Crippen molar-refractivity contribution in [3.8, 4) is 0 Å². The van der Waals surface area contributed by atoms with Gasteiger partial charge in [0, 0.05) is 12.1 Å². The van der Waals surface area contributed by atoms with Crippen LogP contribution in [0.1, 0.15) is 5.56 Å². The molecule has 0 radical (unpaired) electrons. The number of hydrogen-bond acceptors (Lipinski definition) is 3. The van der Waals surface area contributed by atoms with Crippen molar-refractivity contribution in [3.05, 3.63) is 34.6 Å². The van der Waals surface area contributed by atoms with Crippen LogP contribution < -0.4 is 0 Å². The molecule has 0 aliphatic rings. The number of oxime groups is 1. The van der Waals surface area contributed by atoms with Crippen LogP contribution in [0, 0.1) is 5.82 Å². The van der Waals surface area contributed by atoms with Crippen molar-refractivity contribution in [3.63, 3.8) is 0 Å². The topological polar surface area (TPSA) is 35.8 Å². The highest BCUT2D eigenvalue weighted by molar-refractivity contribution is 6.31. The lowest BCUT2D eigenvalue weighted by molar-refractivity contribution is 0.315. The first-order chi connectivity index (χ1) is 7.04. The summed E-state index contributed by atoms with van der Waals surface area (Å²) in [7, 11) is 3.69. The summed E-state index contributed by atoms with van der Waals surface area (Å²) in [5, 5.41) is 12.0. The Labute approximate surface area is 92.8 Å². The van der Waals surface area contributed by atoms with Crippen LogP contribution in [0.4, 0.5) is 4.39 Å². The maximum atomic E-state index is 12.9. The summed E-state index contributed by atoms with van der Waals surface area (Å²) in [5.41, 5.74) is 1.06. The third-order valence-corrected chi connectivity index (χ3v) is 2.13. The predicted octanol–water partition coefficient (Wildman–Crippen LogP) is 2.22. The fourth-order valence-corrected chi connectivity index (χ4v) is 1.34. The van der Waals surface area contributed by atoms with Crippen LogP contribution in [-0.4, -0.2) is 36.5 Å². The van der Waals surface area contributed by atoms with Crippen molar-refractivity contribution >= 4 is 17.3 Å². The van der Waals surface area contributed by atoms with Gasteiger partial charge < -0.3 is 10.1 Å². The molecule has 0 bridgehead atoms. The second-order valence-corrected chi connectivity index (χ2v) is 3.82. The second-order valence-electron chi connectivity index (χ2n) is 3.41. The van der Waals surface area contributed by atoms with E-state index >= 15 is 0 Å². The smallest absolute Gasteiger partial charge is 0.141 e. The Morgan fingerprint density at radius 1 is 1.53 bits per heavy atom. The lowest BCUT2D eigenvalue weighted by Crippen LogP contribution is -2.22. The minimum Gasteiger partial charge on any atom is -0.411 e. The molecule has 5 heteroatoms. The quantitative estimate of drug-likeness (QED) is 0.491. The van der Waals surface area contributed by atoms with E-state index in [0.29, 0.717) is 17.8 Å². The van der Waals surface area contributed by atoms with Gasteiger partial charge in [-0.15, -0.1) is 0 Å². The van der Waals surface area contributed by atoms with Crippen LogP contribution in [0.3, 0.4) is 0 Å². The molecule has 0 aliphatic heterocycles. The van der Waals surface area contributed by atoms with Gasteiger partial charge in [0.2, 0.25) is 0 Å². The number of benzene rings is 1. The molecule has 82 valence electrons. The minimum atomic E-state index is -0.484. The average Bonchev–Trinajstić information content (AvgIpc) is 2.18. The molecule has 1 aromatic rings. The van der Waals surface area contributed by atoms with E-state index in [-0.39, 0.29) is 5.02 Å². The monoisotopic (exact) mass is 230 g/mol. The van der Waals surface area contributed by atoms with Crippen LogP contribution in [0.25, 0.3) is 0 Å². The zero-order valence-electron chi connectivity index (χ0n) is 8.54. The van der Waals surface area contributed by atoms with Crippen LogP contribution in [0.15, 0.2) is 23.4 Å². The Kier molecular flexibility index (Phi) is 4.05. The van der Waals surface area contributed by atoms with Crippen molar-refractivity contribution in [1.29, 1.82) is 0 Å². The molecule has 1 rings (SSSR count). The molecule has 0 unspecified atom stereocenters. The molecule has 0 fully saturated rings. The molecule has 0 spiro atoms.